The van der Waals surface area contributed by atoms with Crippen LogP contribution >= 0.6 is 11.3 Å². The highest BCUT2D eigenvalue weighted by molar-refractivity contribution is 7.20. The van der Waals surface area contributed by atoms with Gasteiger partial charge >= 0.3 is 0 Å². The smallest absolute Gasteiger partial charge is 0.0427 e. The molecular weight excluding hydrogens is 416 g/mol. The largest absolute Gasteiger partial charge is 0.135 e. The molecule has 1 atom stereocenters. The van der Waals surface area contributed by atoms with Crippen molar-refractivity contribution in [3.63, 3.8) is 0 Å². The molecule has 1 unspecified atom stereocenters. The van der Waals surface area contributed by atoms with E-state index in [0.29, 0.717) is 5.92 Å². The number of hydrogen-bond donors (Lipinski definition) is 0. The molecule has 0 bridgehead atoms. The van der Waals surface area contributed by atoms with Crippen LogP contribution in [0.25, 0.3) is 27.3 Å². The van der Waals surface area contributed by atoms with Gasteiger partial charge < -0.3 is 0 Å². The van der Waals surface area contributed by atoms with Crippen molar-refractivity contribution < 1.29 is 0 Å². The number of rotatable bonds is 5. The molecule has 5 rings (SSSR count). The van der Waals surface area contributed by atoms with Crippen molar-refractivity contribution >= 4 is 38.6 Å². The maximum absolute atomic E-state index is 4.72. The Hall–Kier alpha value is -2.64. The van der Waals surface area contributed by atoms with E-state index in [1.54, 1.807) is 0 Å². The van der Waals surface area contributed by atoms with Crippen molar-refractivity contribution in [1.82, 2.24) is 0 Å². The molecule has 0 spiro atoms. The summed E-state index contributed by atoms with van der Waals surface area (Å²) in [5.41, 5.74) is 11.2. The van der Waals surface area contributed by atoms with Gasteiger partial charge in [-0.25, -0.2) is 0 Å². The van der Waals surface area contributed by atoms with E-state index in [0.717, 1.165) is 24.8 Å². The summed E-state index contributed by atoms with van der Waals surface area (Å²) in [6.07, 6.45) is 12.8. The van der Waals surface area contributed by atoms with E-state index in [1.807, 2.05) is 11.3 Å². The fourth-order valence-corrected chi connectivity index (χ4v) is 6.83. The summed E-state index contributed by atoms with van der Waals surface area (Å²) in [5, 5.41) is 1.32. The molecule has 0 aliphatic heterocycles. The Morgan fingerprint density at radius 3 is 2.67 bits per heavy atom. The highest BCUT2D eigenvalue weighted by Crippen LogP contribution is 2.53. The van der Waals surface area contributed by atoms with E-state index < -0.39 is 0 Å². The predicted molar refractivity (Wildman–Crippen MR) is 148 cm³/mol. The van der Waals surface area contributed by atoms with E-state index in [9.17, 15) is 0 Å². The van der Waals surface area contributed by atoms with Crippen molar-refractivity contribution in [2.75, 3.05) is 0 Å². The molecule has 0 amide bonds. The van der Waals surface area contributed by atoms with E-state index in [1.165, 1.54) is 53.9 Å². The van der Waals surface area contributed by atoms with Crippen LogP contribution in [-0.2, 0) is 5.41 Å². The molecule has 2 aromatic carbocycles. The Balaban J connectivity index is 1.76. The van der Waals surface area contributed by atoms with Gasteiger partial charge in [0.2, 0.25) is 0 Å². The number of thiophene rings is 1. The average molecular weight is 451 g/mol. The topological polar surface area (TPSA) is 0 Å². The van der Waals surface area contributed by atoms with Crippen LogP contribution in [0.1, 0.15) is 92.5 Å². The van der Waals surface area contributed by atoms with Gasteiger partial charge in [0.25, 0.3) is 0 Å². The summed E-state index contributed by atoms with van der Waals surface area (Å²) >= 11 is 1.87. The van der Waals surface area contributed by atoms with Gasteiger partial charge in [-0.3, -0.25) is 0 Å². The molecule has 1 heterocycles. The molecule has 0 saturated carbocycles. The second-order valence-electron chi connectivity index (χ2n) is 10.1. The van der Waals surface area contributed by atoms with Crippen molar-refractivity contribution in [2.24, 2.45) is 0 Å². The first-order valence-electron chi connectivity index (χ1n) is 12.3. The van der Waals surface area contributed by atoms with E-state index in [-0.39, 0.29) is 5.41 Å². The fourth-order valence-electron chi connectivity index (χ4n) is 5.66. The summed E-state index contributed by atoms with van der Waals surface area (Å²) in [4.78, 5) is 1.30. The summed E-state index contributed by atoms with van der Waals surface area (Å²) in [7, 11) is 0. The summed E-state index contributed by atoms with van der Waals surface area (Å²) < 4.78 is 1.33. The zero-order valence-corrected chi connectivity index (χ0v) is 21.4. The molecule has 0 nitrogen and oxygen atoms in total. The van der Waals surface area contributed by atoms with Gasteiger partial charge in [0, 0.05) is 25.9 Å². The van der Waals surface area contributed by atoms with Crippen LogP contribution in [0.3, 0.4) is 0 Å². The van der Waals surface area contributed by atoms with Crippen molar-refractivity contribution in [3.05, 3.63) is 99.5 Å². The maximum atomic E-state index is 4.72. The lowest BCUT2D eigenvalue weighted by molar-refractivity contribution is 0.649. The predicted octanol–water partition coefficient (Wildman–Crippen LogP) is 9.90. The summed E-state index contributed by atoms with van der Waals surface area (Å²) in [6, 6.07) is 13.7. The quantitative estimate of drug-likeness (QED) is 0.363. The molecule has 2 aliphatic carbocycles. The zero-order valence-electron chi connectivity index (χ0n) is 20.6. The monoisotopic (exact) mass is 450 g/mol. The highest BCUT2D eigenvalue weighted by Gasteiger charge is 2.39. The molecule has 168 valence electrons. The highest BCUT2D eigenvalue weighted by atomic mass is 32.1. The maximum Gasteiger partial charge on any atom is 0.0427 e. The van der Waals surface area contributed by atoms with Gasteiger partial charge in [-0.2, -0.15) is 0 Å². The van der Waals surface area contributed by atoms with Crippen LogP contribution in [0.5, 0.6) is 0 Å². The van der Waals surface area contributed by atoms with Gasteiger partial charge in [-0.1, -0.05) is 82.8 Å². The van der Waals surface area contributed by atoms with Crippen LogP contribution in [0.15, 0.2) is 66.8 Å². The Kier molecular flexibility index (Phi) is 5.57. The van der Waals surface area contributed by atoms with E-state index >= 15 is 0 Å². The summed E-state index contributed by atoms with van der Waals surface area (Å²) in [6.45, 7) is 16.3. The molecular formula is C32H34S. The van der Waals surface area contributed by atoms with Crippen molar-refractivity contribution in [2.45, 2.75) is 65.2 Å². The normalized spacial score (nSPS) is 17.6. The van der Waals surface area contributed by atoms with Gasteiger partial charge in [-0.15, -0.1) is 11.3 Å². The second-order valence-corrected chi connectivity index (χ2v) is 11.1. The minimum Gasteiger partial charge on any atom is -0.135 e. The van der Waals surface area contributed by atoms with E-state index in [2.05, 4.69) is 95.3 Å². The Morgan fingerprint density at radius 1 is 1.15 bits per heavy atom. The molecule has 33 heavy (non-hydrogen) atoms. The molecule has 1 heteroatoms. The standard InChI is InChI=1S/C32H34S/c1-7-13-24-23-15-10-12-17-30(23)33-31(24)21(4)26-18-27-22-14-9-11-16-28(22)32(5,6)29(27)19-25(26)20(3)8-2/h7,10,12-20H,4,8-9,11H2,1-3,5-6H3/b13-7-. The van der Waals surface area contributed by atoms with Gasteiger partial charge in [0.1, 0.15) is 0 Å². The minimum absolute atomic E-state index is 0.0668. The number of fused-ring (bicyclic) bond motifs is 4. The zero-order chi connectivity index (χ0) is 23.3. The van der Waals surface area contributed by atoms with Crippen LogP contribution in [-0.4, -0.2) is 0 Å². The van der Waals surface area contributed by atoms with Crippen LogP contribution in [0, 0.1) is 0 Å². The first-order chi connectivity index (χ1) is 15.9. The van der Waals surface area contributed by atoms with E-state index in [4.69, 9.17) is 6.58 Å². The van der Waals surface area contributed by atoms with Crippen molar-refractivity contribution in [3.8, 4) is 0 Å². The Morgan fingerprint density at radius 2 is 1.91 bits per heavy atom. The van der Waals surface area contributed by atoms with Crippen LogP contribution < -0.4 is 0 Å². The van der Waals surface area contributed by atoms with Gasteiger partial charge in [0.05, 0.1) is 0 Å². The first kappa shape index (κ1) is 22.2. The van der Waals surface area contributed by atoms with Crippen LogP contribution in [0.2, 0.25) is 0 Å². The molecule has 2 aliphatic rings. The first-order valence-corrected chi connectivity index (χ1v) is 13.1. The molecule has 0 fully saturated rings. The third-order valence-corrected chi connectivity index (χ3v) is 8.94. The number of hydrogen-bond acceptors (Lipinski definition) is 1. The third kappa shape index (κ3) is 3.40. The van der Waals surface area contributed by atoms with Gasteiger partial charge in [-0.05, 0) is 83.2 Å². The van der Waals surface area contributed by atoms with Gasteiger partial charge in [0.15, 0.2) is 0 Å². The third-order valence-electron chi connectivity index (χ3n) is 7.69. The fraction of sp³-hybridized carbons (Fsp3) is 0.312. The lowest BCUT2D eigenvalue weighted by Gasteiger charge is -2.25. The lowest BCUT2D eigenvalue weighted by atomic mass is 9.78. The second kappa shape index (κ2) is 8.29. The summed E-state index contributed by atoms with van der Waals surface area (Å²) in [5.74, 6) is 0.489. The lowest BCUT2D eigenvalue weighted by Crippen LogP contribution is -2.16. The van der Waals surface area contributed by atoms with Crippen molar-refractivity contribution in [1.29, 1.82) is 0 Å². The molecule has 1 aromatic heterocycles. The average Bonchev–Trinajstić information content (AvgIpc) is 3.31. The molecule has 3 aromatic rings. The number of benzene rings is 2. The Labute approximate surface area is 203 Å². The molecule has 0 radical (unpaired) electrons. The van der Waals surface area contributed by atoms with Crippen LogP contribution in [0.4, 0.5) is 0 Å². The molecule has 0 saturated heterocycles. The molecule has 0 N–H and O–H groups in total. The SMILES string of the molecule is C=C(c1cc2c(cc1C(C)CC)C(C)(C)C1=CCCC=C12)c1sc2ccccc2c1/C=C\C. The number of allylic oxidation sites excluding steroid dienone is 5. The Bertz CT molecular complexity index is 1350. The minimum atomic E-state index is 0.0668.